The number of carbonyl (C=O) groups is 1. The quantitative estimate of drug-likeness (QED) is 0.596. The first-order chi connectivity index (χ1) is 6.91. The summed E-state index contributed by atoms with van der Waals surface area (Å²) in [6.07, 6.45) is 0.902. The van der Waals surface area contributed by atoms with Crippen molar-refractivity contribution in [3.63, 3.8) is 0 Å². The Morgan fingerprint density at radius 1 is 1.67 bits per heavy atom. The molecule has 90 valence electrons. The number of nitrogens with zero attached hydrogens (tertiary/aromatic N) is 1. The van der Waals surface area contributed by atoms with E-state index < -0.39 is 6.65 Å². The number of amides is 1. The summed E-state index contributed by atoms with van der Waals surface area (Å²) in [5.41, 5.74) is 0. The van der Waals surface area contributed by atoms with Gasteiger partial charge in [-0.1, -0.05) is 25.2 Å². The van der Waals surface area contributed by atoms with Gasteiger partial charge in [0, 0.05) is 12.3 Å². The minimum absolute atomic E-state index is 0.150. The SMILES string of the molecule is CCC(C)SP(=O)(NC)N(C)C(=O)CCl. The van der Waals surface area contributed by atoms with Gasteiger partial charge in [-0.15, -0.1) is 11.6 Å². The van der Waals surface area contributed by atoms with E-state index in [2.05, 4.69) is 5.09 Å². The molecule has 0 radical (unpaired) electrons. The van der Waals surface area contributed by atoms with E-state index in [1.807, 2.05) is 13.8 Å². The molecule has 0 aliphatic carbocycles. The van der Waals surface area contributed by atoms with Gasteiger partial charge < -0.3 is 0 Å². The largest absolute Gasteiger partial charge is 0.294 e. The third-order valence-electron chi connectivity index (χ3n) is 2.05. The molecule has 0 spiro atoms. The lowest BCUT2D eigenvalue weighted by molar-refractivity contribution is -0.123. The first kappa shape index (κ1) is 15.3. The van der Waals surface area contributed by atoms with Crippen molar-refractivity contribution in [3.05, 3.63) is 0 Å². The molecule has 4 nitrogen and oxygen atoms in total. The van der Waals surface area contributed by atoms with E-state index in [-0.39, 0.29) is 17.0 Å². The Hall–Kier alpha value is 0.300. The molecule has 0 heterocycles. The Morgan fingerprint density at radius 2 is 2.20 bits per heavy atom. The first-order valence-corrected chi connectivity index (χ1v) is 8.39. The van der Waals surface area contributed by atoms with Gasteiger partial charge in [0.1, 0.15) is 5.88 Å². The van der Waals surface area contributed by atoms with Gasteiger partial charge in [-0.2, -0.15) is 0 Å². The maximum atomic E-state index is 12.3. The van der Waals surface area contributed by atoms with Crippen LogP contribution in [0.1, 0.15) is 20.3 Å². The lowest BCUT2D eigenvalue weighted by atomic mass is 10.4. The lowest BCUT2D eigenvalue weighted by Gasteiger charge is -2.28. The highest BCUT2D eigenvalue weighted by Gasteiger charge is 2.31. The van der Waals surface area contributed by atoms with Gasteiger partial charge >= 0.3 is 0 Å². The molecular weight excluding hydrogens is 255 g/mol. The fourth-order valence-corrected chi connectivity index (χ4v) is 5.56. The molecule has 0 fully saturated rings. The van der Waals surface area contributed by atoms with E-state index in [1.54, 1.807) is 7.05 Å². The fourth-order valence-electron chi connectivity index (χ4n) is 0.825. The highest BCUT2D eigenvalue weighted by Crippen LogP contribution is 2.59. The molecular formula is C8H18ClN2O2PS. The van der Waals surface area contributed by atoms with Crippen molar-refractivity contribution >= 4 is 35.5 Å². The van der Waals surface area contributed by atoms with E-state index in [9.17, 15) is 9.36 Å². The van der Waals surface area contributed by atoms with E-state index >= 15 is 0 Å². The van der Waals surface area contributed by atoms with Gasteiger partial charge in [-0.05, 0) is 13.5 Å². The monoisotopic (exact) mass is 272 g/mol. The maximum absolute atomic E-state index is 12.3. The number of rotatable bonds is 6. The molecule has 0 aromatic rings. The number of hydrogen-bond donors (Lipinski definition) is 1. The van der Waals surface area contributed by atoms with Crippen LogP contribution in [0.15, 0.2) is 0 Å². The topological polar surface area (TPSA) is 49.4 Å². The van der Waals surface area contributed by atoms with Crippen molar-refractivity contribution in [3.8, 4) is 0 Å². The minimum atomic E-state index is -2.87. The number of alkyl halides is 1. The Balaban J connectivity index is 4.69. The van der Waals surface area contributed by atoms with Crippen LogP contribution in [0.4, 0.5) is 0 Å². The van der Waals surface area contributed by atoms with Gasteiger partial charge in [0.15, 0.2) is 0 Å². The molecule has 0 saturated heterocycles. The summed E-state index contributed by atoms with van der Waals surface area (Å²) < 4.78 is 13.6. The maximum Gasteiger partial charge on any atom is 0.294 e. The van der Waals surface area contributed by atoms with Crippen LogP contribution in [-0.4, -0.2) is 35.8 Å². The number of halogens is 1. The van der Waals surface area contributed by atoms with Gasteiger partial charge in [0.2, 0.25) is 5.91 Å². The third kappa shape index (κ3) is 4.35. The average Bonchev–Trinajstić information content (AvgIpc) is 2.26. The lowest BCUT2D eigenvalue weighted by Crippen LogP contribution is -2.29. The number of nitrogens with one attached hydrogen (secondary N) is 1. The molecule has 0 rings (SSSR count). The normalized spacial score (nSPS) is 16.9. The van der Waals surface area contributed by atoms with Gasteiger partial charge in [-0.3, -0.25) is 14.0 Å². The first-order valence-electron chi connectivity index (χ1n) is 4.71. The van der Waals surface area contributed by atoms with Crippen LogP contribution in [0.25, 0.3) is 0 Å². The third-order valence-corrected chi connectivity index (χ3v) is 8.06. The van der Waals surface area contributed by atoms with E-state index in [4.69, 9.17) is 11.6 Å². The second kappa shape index (κ2) is 6.79. The summed E-state index contributed by atoms with van der Waals surface area (Å²) in [5, 5.41) is 2.95. The summed E-state index contributed by atoms with van der Waals surface area (Å²) in [6, 6.07) is 0. The Kier molecular flexibility index (Phi) is 6.93. The molecule has 15 heavy (non-hydrogen) atoms. The van der Waals surface area contributed by atoms with E-state index in [0.29, 0.717) is 0 Å². The van der Waals surface area contributed by atoms with Crippen LogP contribution < -0.4 is 5.09 Å². The molecule has 1 N–H and O–H groups in total. The van der Waals surface area contributed by atoms with Crippen LogP contribution in [0.3, 0.4) is 0 Å². The second-order valence-electron chi connectivity index (χ2n) is 3.12. The smallest absolute Gasteiger partial charge is 0.275 e. The summed E-state index contributed by atoms with van der Waals surface area (Å²) in [7, 11) is 3.10. The van der Waals surface area contributed by atoms with Crippen LogP contribution in [-0.2, 0) is 9.36 Å². The van der Waals surface area contributed by atoms with Crippen molar-refractivity contribution in [1.29, 1.82) is 0 Å². The van der Waals surface area contributed by atoms with Crippen LogP contribution in [0.2, 0.25) is 0 Å². The van der Waals surface area contributed by atoms with Crippen LogP contribution in [0, 0.1) is 0 Å². The zero-order valence-electron chi connectivity index (χ0n) is 9.49. The van der Waals surface area contributed by atoms with E-state index in [0.717, 1.165) is 6.42 Å². The van der Waals surface area contributed by atoms with Gasteiger partial charge in [0.25, 0.3) is 6.65 Å². The minimum Gasteiger partial charge on any atom is -0.275 e. The molecule has 1 amide bonds. The van der Waals surface area contributed by atoms with Crippen molar-refractivity contribution in [2.24, 2.45) is 0 Å². The summed E-state index contributed by atoms with van der Waals surface area (Å²) in [5.74, 6) is -0.478. The highest BCUT2D eigenvalue weighted by molar-refractivity contribution is 8.57. The highest BCUT2D eigenvalue weighted by atomic mass is 35.5. The summed E-state index contributed by atoms with van der Waals surface area (Å²) >= 11 is 6.72. The summed E-state index contributed by atoms with van der Waals surface area (Å²) in [4.78, 5) is 11.4. The predicted octanol–water partition coefficient (Wildman–Crippen LogP) is 2.54. The van der Waals surface area contributed by atoms with E-state index in [1.165, 1.54) is 23.1 Å². The van der Waals surface area contributed by atoms with Crippen LogP contribution >= 0.6 is 29.6 Å². The molecule has 7 heteroatoms. The zero-order chi connectivity index (χ0) is 12.1. The molecule has 0 aromatic carbocycles. The van der Waals surface area contributed by atoms with Crippen molar-refractivity contribution in [1.82, 2.24) is 9.76 Å². The average molecular weight is 273 g/mol. The predicted molar refractivity (Wildman–Crippen MR) is 67.5 cm³/mol. The second-order valence-corrected chi connectivity index (χ2v) is 8.61. The molecule has 2 atom stereocenters. The number of hydrogen-bond acceptors (Lipinski definition) is 3. The molecule has 0 bridgehead atoms. The Morgan fingerprint density at radius 3 is 2.53 bits per heavy atom. The van der Waals surface area contributed by atoms with Crippen LogP contribution in [0.5, 0.6) is 0 Å². The molecule has 0 aromatic heterocycles. The Labute approximate surface area is 100 Å². The van der Waals surface area contributed by atoms with Crippen molar-refractivity contribution in [2.45, 2.75) is 25.5 Å². The fraction of sp³-hybridized carbons (Fsp3) is 0.875. The number of carbonyl (C=O) groups excluding carboxylic acids is 1. The standard InChI is InChI=1S/C8H18ClN2O2PS/c1-5-7(2)15-14(13,10-3)11(4)8(12)6-9/h7H,5-6H2,1-4H3,(H,10,13). The van der Waals surface area contributed by atoms with Gasteiger partial charge in [0.05, 0.1) is 0 Å². The molecule has 0 saturated carbocycles. The zero-order valence-corrected chi connectivity index (χ0v) is 12.0. The van der Waals surface area contributed by atoms with Crippen molar-refractivity contribution < 1.29 is 9.36 Å². The molecule has 0 aliphatic rings. The summed E-state index contributed by atoms with van der Waals surface area (Å²) in [6.45, 7) is 1.12. The van der Waals surface area contributed by atoms with Crippen molar-refractivity contribution in [2.75, 3.05) is 20.0 Å². The Bertz CT molecular complexity index is 265. The molecule has 0 aliphatic heterocycles. The van der Waals surface area contributed by atoms with Gasteiger partial charge in [-0.25, -0.2) is 5.09 Å². The molecule has 2 unspecified atom stereocenters.